The molecule has 0 aliphatic heterocycles. The Morgan fingerprint density at radius 3 is 2.15 bits per heavy atom. The quantitative estimate of drug-likeness (QED) is 0.778. The molecule has 20 heavy (non-hydrogen) atoms. The predicted octanol–water partition coefficient (Wildman–Crippen LogP) is 3.52. The van der Waals surface area contributed by atoms with E-state index in [-0.39, 0.29) is 0 Å². The maximum Gasteiger partial charge on any atom is 0.0230 e. The van der Waals surface area contributed by atoms with Gasteiger partial charge in [-0.05, 0) is 49.7 Å². The molecule has 0 heterocycles. The molecule has 0 saturated heterocycles. The fraction of sp³-hybridized carbons (Fsp3) is 0.333. The number of benzene rings is 2. The largest absolute Gasteiger partial charge is 0.330 e. The predicted molar refractivity (Wildman–Crippen MR) is 86.5 cm³/mol. The first-order valence-electron chi connectivity index (χ1n) is 7.32. The van der Waals surface area contributed by atoms with Crippen molar-refractivity contribution >= 4 is 0 Å². The summed E-state index contributed by atoms with van der Waals surface area (Å²) in [6.07, 6.45) is 2.28. The van der Waals surface area contributed by atoms with Crippen molar-refractivity contribution in [2.24, 2.45) is 5.73 Å². The average molecular weight is 268 g/mol. The fourth-order valence-electron chi connectivity index (χ4n) is 2.35. The van der Waals surface area contributed by atoms with E-state index < -0.39 is 0 Å². The molecule has 2 N–H and O–H groups in total. The molecule has 0 saturated carbocycles. The zero-order valence-electron chi connectivity index (χ0n) is 12.3. The molecule has 0 spiro atoms. The highest BCUT2D eigenvalue weighted by atomic mass is 15.1. The molecular formula is C18H24N2. The highest BCUT2D eigenvalue weighted by molar-refractivity contribution is 5.63. The number of rotatable bonds is 7. The van der Waals surface area contributed by atoms with E-state index in [4.69, 9.17) is 5.73 Å². The van der Waals surface area contributed by atoms with Crippen LogP contribution in [-0.4, -0.2) is 25.0 Å². The standard InChI is InChI=1S/C18H24N2/c1-20(14-6-5-13-19)15-16-9-11-18(12-10-16)17-7-3-2-4-8-17/h2-4,7-12H,5-6,13-15,19H2,1H3. The third kappa shape index (κ3) is 4.48. The first-order valence-corrected chi connectivity index (χ1v) is 7.32. The SMILES string of the molecule is CN(CCCCN)Cc1ccc(-c2ccccc2)cc1. The summed E-state index contributed by atoms with van der Waals surface area (Å²) < 4.78 is 0. The van der Waals surface area contributed by atoms with Gasteiger partial charge in [-0.3, -0.25) is 0 Å². The average Bonchev–Trinajstić information content (AvgIpc) is 2.49. The number of hydrogen-bond donors (Lipinski definition) is 1. The number of nitrogens with two attached hydrogens (primary N) is 1. The Bertz CT molecular complexity index is 491. The Morgan fingerprint density at radius 2 is 1.50 bits per heavy atom. The van der Waals surface area contributed by atoms with Crippen molar-refractivity contribution in [2.45, 2.75) is 19.4 Å². The van der Waals surface area contributed by atoms with Crippen molar-refractivity contribution in [3.8, 4) is 11.1 Å². The number of nitrogens with zero attached hydrogens (tertiary/aromatic N) is 1. The summed E-state index contributed by atoms with van der Waals surface area (Å²) >= 11 is 0. The van der Waals surface area contributed by atoms with Crippen molar-refractivity contribution in [1.82, 2.24) is 4.90 Å². The van der Waals surface area contributed by atoms with Crippen LogP contribution in [0.15, 0.2) is 54.6 Å². The molecule has 2 heteroatoms. The summed E-state index contributed by atoms with van der Waals surface area (Å²) in [6, 6.07) is 19.4. The van der Waals surface area contributed by atoms with E-state index >= 15 is 0 Å². The van der Waals surface area contributed by atoms with Crippen LogP contribution in [0.2, 0.25) is 0 Å². The van der Waals surface area contributed by atoms with Gasteiger partial charge in [0.15, 0.2) is 0 Å². The van der Waals surface area contributed by atoms with Crippen LogP contribution in [0, 0.1) is 0 Å². The Balaban J connectivity index is 1.92. The Morgan fingerprint density at radius 1 is 0.850 bits per heavy atom. The molecule has 0 aliphatic rings. The van der Waals surface area contributed by atoms with Crippen LogP contribution in [0.5, 0.6) is 0 Å². The minimum absolute atomic E-state index is 0.791. The molecular weight excluding hydrogens is 244 g/mol. The smallest absolute Gasteiger partial charge is 0.0230 e. The minimum atomic E-state index is 0.791. The molecule has 0 unspecified atom stereocenters. The van der Waals surface area contributed by atoms with Gasteiger partial charge in [0, 0.05) is 6.54 Å². The third-order valence-electron chi connectivity index (χ3n) is 3.51. The van der Waals surface area contributed by atoms with Crippen LogP contribution in [0.25, 0.3) is 11.1 Å². The fourth-order valence-corrected chi connectivity index (χ4v) is 2.35. The van der Waals surface area contributed by atoms with Crippen LogP contribution < -0.4 is 5.73 Å². The Hall–Kier alpha value is -1.64. The minimum Gasteiger partial charge on any atom is -0.330 e. The topological polar surface area (TPSA) is 29.3 Å². The first-order chi connectivity index (χ1) is 9.79. The van der Waals surface area contributed by atoms with E-state index in [0.29, 0.717) is 0 Å². The molecule has 0 aromatic heterocycles. The van der Waals surface area contributed by atoms with Crippen LogP contribution in [-0.2, 0) is 6.54 Å². The van der Waals surface area contributed by atoms with Gasteiger partial charge in [0.05, 0.1) is 0 Å². The van der Waals surface area contributed by atoms with Crippen molar-refractivity contribution < 1.29 is 0 Å². The second-order valence-electron chi connectivity index (χ2n) is 5.30. The number of hydrogen-bond acceptors (Lipinski definition) is 2. The second-order valence-corrected chi connectivity index (χ2v) is 5.30. The van der Waals surface area contributed by atoms with Crippen molar-refractivity contribution in [3.63, 3.8) is 0 Å². The van der Waals surface area contributed by atoms with Gasteiger partial charge in [0.1, 0.15) is 0 Å². The zero-order valence-corrected chi connectivity index (χ0v) is 12.3. The molecule has 2 aromatic rings. The van der Waals surface area contributed by atoms with E-state index in [1.54, 1.807) is 0 Å². The zero-order chi connectivity index (χ0) is 14.2. The van der Waals surface area contributed by atoms with E-state index in [9.17, 15) is 0 Å². The summed E-state index contributed by atoms with van der Waals surface area (Å²) in [6.45, 7) is 2.90. The van der Waals surface area contributed by atoms with Crippen molar-refractivity contribution in [2.75, 3.05) is 20.1 Å². The van der Waals surface area contributed by atoms with Crippen molar-refractivity contribution in [3.05, 3.63) is 60.2 Å². The van der Waals surface area contributed by atoms with Gasteiger partial charge >= 0.3 is 0 Å². The second kappa shape index (κ2) is 7.83. The lowest BCUT2D eigenvalue weighted by molar-refractivity contribution is 0.319. The molecule has 0 bridgehead atoms. The molecule has 0 fully saturated rings. The molecule has 2 rings (SSSR count). The van der Waals surface area contributed by atoms with Gasteiger partial charge in [0.2, 0.25) is 0 Å². The third-order valence-corrected chi connectivity index (χ3v) is 3.51. The van der Waals surface area contributed by atoms with Gasteiger partial charge in [-0.25, -0.2) is 0 Å². The van der Waals surface area contributed by atoms with Crippen LogP contribution in [0.1, 0.15) is 18.4 Å². The monoisotopic (exact) mass is 268 g/mol. The Kier molecular flexibility index (Phi) is 5.78. The lowest BCUT2D eigenvalue weighted by Gasteiger charge is -2.16. The van der Waals surface area contributed by atoms with Crippen LogP contribution >= 0.6 is 0 Å². The van der Waals surface area contributed by atoms with E-state index in [0.717, 1.165) is 26.1 Å². The highest BCUT2D eigenvalue weighted by Crippen LogP contribution is 2.19. The lowest BCUT2D eigenvalue weighted by Crippen LogP contribution is -2.19. The normalized spacial score (nSPS) is 10.9. The van der Waals surface area contributed by atoms with Crippen molar-refractivity contribution in [1.29, 1.82) is 0 Å². The van der Waals surface area contributed by atoms with Gasteiger partial charge in [-0.2, -0.15) is 0 Å². The molecule has 2 aromatic carbocycles. The van der Waals surface area contributed by atoms with Gasteiger partial charge in [-0.1, -0.05) is 54.6 Å². The molecule has 0 radical (unpaired) electrons. The molecule has 2 nitrogen and oxygen atoms in total. The molecule has 0 aliphatic carbocycles. The van der Waals surface area contributed by atoms with Gasteiger partial charge < -0.3 is 10.6 Å². The summed E-state index contributed by atoms with van der Waals surface area (Å²) in [5.41, 5.74) is 9.43. The Labute approximate surface area is 122 Å². The maximum atomic E-state index is 5.52. The van der Waals surface area contributed by atoms with E-state index in [1.807, 2.05) is 6.07 Å². The van der Waals surface area contributed by atoms with E-state index in [1.165, 1.54) is 23.1 Å². The summed E-state index contributed by atoms with van der Waals surface area (Å²) in [5.74, 6) is 0. The van der Waals surface area contributed by atoms with E-state index in [2.05, 4.69) is 60.5 Å². The van der Waals surface area contributed by atoms with Crippen LogP contribution in [0.3, 0.4) is 0 Å². The molecule has 0 amide bonds. The van der Waals surface area contributed by atoms with Gasteiger partial charge in [0.25, 0.3) is 0 Å². The summed E-state index contributed by atoms with van der Waals surface area (Å²) in [5, 5.41) is 0. The molecule has 0 atom stereocenters. The number of unbranched alkanes of at least 4 members (excludes halogenated alkanes) is 1. The van der Waals surface area contributed by atoms with Crippen LogP contribution in [0.4, 0.5) is 0 Å². The van der Waals surface area contributed by atoms with Gasteiger partial charge in [-0.15, -0.1) is 0 Å². The molecule has 106 valence electrons. The maximum absolute atomic E-state index is 5.52. The lowest BCUT2D eigenvalue weighted by atomic mass is 10.0. The summed E-state index contributed by atoms with van der Waals surface area (Å²) in [4.78, 5) is 2.35. The summed E-state index contributed by atoms with van der Waals surface area (Å²) in [7, 11) is 2.17. The first kappa shape index (κ1) is 14.8. The highest BCUT2D eigenvalue weighted by Gasteiger charge is 2.01.